The minimum Gasteiger partial charge on any atom is -0.480 e. The summed E-state index contributed by atoms with van der Waals surface area (Å²) in [6, 6.07) is 4.49. The number of hydrogen-bond donors (Lipinski definition) is 2. The van der Waals surface area contributed by atoms with Gasteiger partial charge in [-0.2, -0.15) is 13.2 Å². The normalized spacial score (nSPS) is 14.5. The van der Waals surface area contributed by atoms with Gasteiger partial charge in [0.1, 0.15) is 5.75 Å². The molecule has 1 amide bonds. The van der Waals surface area contributed by atoms with E-state index in [1.807, 2.05) is 0 Å². The Kier molecular flexibility index (Phi) is 5.38. The molecule has 1 unspecified atom stereocenters. The van der Waals surface area contributed by atoms with Crippen LogP contribution < -0.4 is 15.8 Å². The fourth-order valence-electron chi connectivity index (χ4n) is 1.47. The molecule has 0 aliphatic heterocycles. The molecule has 0 aliphatic carbocycles. The standard InChI is InChI=1S/C13H17F3N2O2/c1-8(7-17)18-12(19)9(2)20-11-6-4-3-5-10(11)13(14,15)16/h3-6,8-9H,7,17H2,1-2H3,(H,18,19)/t8-,9?/m0/s1. The van der Waals surface area contributed by atoms with Crippen molar-refractivity contribution in [1.82, 2.24) is 5.32 Å². The molecule has 0 radical (unpaired) electrons. The number of benzene rings is 1. The van der Waals surface area contributed by atoms with Gasteiger partial charge in [0, 0.05) is 12.6 Å². The predicted octanol–water partition coefficient (Wildman–Crippen LogP) is 1.94. The zero-order valence-electron chi connectivity index (χ0n) is 11.2. The molecule has 4 nitrogen and oxygen atoms in total. The number of nitrogens with one attached hydrogen (secondary N) is 1. The van der Waals surface area contributed by atoms with Crippen LogP contribution in [0.1, 0.15) is 19.4 Å². The lowest BCUT2D eigenvalue weighted by Gasteiger charge is -2.20. The molecule has 0 saturated heterocycles. The first-order valence-corrected chi connectivity index (χ1v) is 6.09. The molecule has 0 fully saturated rings. The Balaban J connectivity index is 2.81. The maximum absolute atomic E-state index is 12.8. The van der Waals surface area contributed by atoms with E-state index in [4.69, 9.17) is 10.5 Å². The van der Waals surface area contributed by atoms with Gasteiger partial charge in [-0.25, -0.2) is 0 Å². The van der Waals surface area contributed by atoms with Gasteiger partial charge in [0.25, 0.3) is 5.91 Å². The van der Waals surface area contributed by atoms with Gasteiger partial charge in [-0.3, -0.25) is 4.79 Å². The zero-order chi connectivity index (χ0) is 15.3. The molecule has 7 heteroatoms. The third-order valence-electron chi connectivity index (χ3n) is 2.61. The van der Waals surface area contributed by atoms with Crippen molar-refractivity contribution in [2.75, 3.05) is 6.54 Å². The van der Waals surface area contributed by atoms with E-state index in [-0.39, 0.29) is 18.3 Å². The maximum atomic E-state index is 12.8. The molecule has 2 atom stereocenters. The van der Waals surface area contributed by atoms with E-state index in [0.717, 1.165) is 6.07 Å². The van der Waals surface area contributed by atoms with Gasteiger partial charge in [-0.1, -0.05) is 12.1 Å². The van der Waals surface area contributed by atoms with Crippen LogP contribution in [0.3, 0.4) is 0 Å². The highest BCUT2D eigenvalue weighted by atomic mass is 19.4. The van der Waals surface area contributed by atoms with Crippen LogP contribution in [0.5, 0.6) is 5.75 Å². The number of ether oxygens (including phenoxy) is 1. The summed E-state index contributed by atoms with van der Waals surface area (Å²) in [5, 5.41) is 2.54. The Labute approximate surface area is 115 Å². The minimum absolute atomic E-state index is 0.234. The summed E-state index contributed by atoms with van der Waals surface area (Å²) in [5.41, 5.74) is 4.44. The van der Waals surface area contributed by atoms with Crippen LogP contribution in [0.15, 0.2) is 24.3 Å². The minimum atomic E-state index is -4.53. The van der Waals surface area contributed by atoms with E-state index in [1.54, 1.807) is 6.92 Å². The zero-order valence-corrected chi connectivity index (χ0v) is 11.2. The summed E-state index contributed by atoms with van der Waals surface area (Å²) in [4.78, 5) is 11.7. The Hall–Kier alpha value is -1.76. The molecule has 0 aromatic heterocycles. The number of nitrogens with two attached hydrogens (primary N) is 1. The van der Waals surface area contributed by atoms with Gasteiger partial charge in [0.2, 0.25) is 0 Å². The molecule has 1 aromatic rings. The summed E-state index contributed by atoms with van der Waals surface area (Å²) in [5.74, 6) is -0.886. The highest BCUT2D eigenvalue weighted by Gasteiger charge is 2.34. The van der Waals surface area contributed by atoms with Crippen LogP contribution in [0.4, 0.5) is 13.2 Å². The van der Waals surface area contributed by atoms with Crippen molar-refractivity contribution in [3.8, 4) is 5.75 Å². The van der Waals surface area contributed by atoms with E-state index in [2.05, 4.69) is 5.32 Å². The molecule has 0 spiro atoms. The number of alkyl halides is 3. The van der Waals surface area contributed by atoms with Crippen LogP contribution in [0, 0.1) is 0 Å². The predicted molar refractivity (Wildman–Crippen MR) is 68.2 cm³/mol. The second-order valence-electron chi connectivity index (χ2n) is 4.40. The fourth-order valence-corrected chi connectivity index (χ4v) is 1.47. The van der Waals surface area contributed by atoms with Crippen LogP contribution in [-0.4, -0.2) is 24.6 Å². The largest absolute Gasteiger partial charge is 0.480 e. The first kappa shape index (κ1) is 16.3. The van der Waals surface area contributed by atoms with Crippen molar-refractivity contribution >= 4 is 5.91 Å². The molecule has 112 valence electrons. The molecule has 20 heavy (non-hydrogen) atoms. The topological polar surface area (TPSA) is 64.3 Å². The Morgan fingerprint density at radius 1 is 1.35 bits per heavy atom. The summed E-state index contributed by atoms with van der Waals surface area (Å²) in [6.07, 6.45) is -5.58. The highest BCUT2D eigenvalue weighted by molar-refractivity contribution is 5.81. The average molecular weight is 290 g/mol. The van der Waals surface area contributed by atoms with Gasteiger partial charge in [-0.05, 0) is 26.0 Å². The molecule has 1 rings (SSSR count). The summed E-state index contributed by atoms with van der Waals surface area (Å²) in [7, 11) is 0. The first-order valence-electron chi connectivity index (χ1n) is 6.09. The highest BCUT2D eigenvalue weighted by Crippen LogP contribution is 2.36. The van der Waals surface area contributed by atoms with E-state index in [9.17, 15) is 18.0 Å². The molecular formula is C13H17F3N2O2. The number of rotatable bonds is 5. The van der Waals surface area contributed by atoms with Gasteiger partial charge in [-0.15, -0.1) is 0 Å². The number of halogens is 3. The lowest BCUT2D eigenvalue weighted by atomic mass is 10.2. The number of para-hydroxylation sites is 1. The smallest absolute Gasteiger partial charge is 0.419 e. The van der Waals surface area contributed by atoms with E-state index >= 15 is 0 Å². The number of amides is 1. The Morgan fingerprint density at radius 2 is 1.95 bits per heavy atom. The SMILES string of the molecule is CC(Oc1ccccc1C(F)(F)F)C(=O)N[C@@H](C)CN. The lowest BCUT2D eigenvalue weighted by Crippen LogP contribution is -2.44. The molecule has 1 aromatic carbocycles. The second-order valence-corrected chi connectivity index (χ2v) is 4.40. The Morgan fingerprint density at radius 3 is 2.50 bits per heavy atom. The molecule has 0 bridgehead atoms. The van der Waals surface area contributed by atoms with E-state index in [0.29, 0.717) is 0 Å². The average Bonchev–Trinajstić information content (AvgIpc) is 2.37. The van der Waals surface area contributed by atoms with Gasteiger partial charge < -0.3 is 15.8 Å². The van der Waals surface area contributed by atoms with Crippen LogP contribution in [0.2, 0.25) is 0 Å². The monoisotopic (exact) mass is 290 g/mol. The summed E-state index contributed by atoms with van der Waals surface area (Å²) >= 11 is 0. The summed E-state index contributed by atoms with van der Waals surface area (Å²) < 4.78 is 43.4. The van der Waals surface area contributed by atoms with Crippen LogP contribution >= 0.6 is 0 Å². The Bertz CT molecular complexity index is 463. The van der Waals surface area contributed by atoms with Gasteiger partial charge >= 0.3 is 6.18 Å². The molecule has 0 heterocycles. The second kappa shape index (κ2) is 6.60. The van der Waals surface area contributed by atoms with Crippen LogP contribution in [-0.2, 0) is 11.0 Å². The van der Waals surface area contributed by atoms with Crippen molar-refractivity contribution in [1.29, 1.82) is 0 Å². The van der Waals surface area contributed by atoms with Crippen LogP contribution in [0.25, 0.3) is 0 Å². The molecule has 0 aliphatic rings. The van der Waals surface area contributed by atoms with E-state index in [1.165, 1.54) is 25.1 Å². The summed E-state index contributed by atoms with van der Waals surface area (Å²) in [6.45, 7) is 3.30. The number of hydrogen-bond acceptors (Lipinski definition) is 3. The molecule has 0 saturated carbocycles. The lowest BCUT2D eigenvalue weighted by molar-refractivity contribution is -0.140. The third-order valence-corrected chi connectivity index (χ3v) is 2.61. The van der Waals surface area contributed by atoms with Crippen molar-refractivity contribution in [3.63, 3.8) is 0 Å². The number of carbonyl (C=O) groups is 1. The first-order chi connectivity index (χ1) is 9.25. The quantitative estimate of drug-likeness (QED) is 0.871. The molecule has 3 N–H and O–H groups in total. The van der Waals surface area contributed by atoms with Crippen molar-refractivity contribution < 1.29 is 22.7 Å². The van der Waals surface area contributed by atoms with Crippen molar-refractivity contribution in [3.05, 3.63) is 29.8 Å². The van der Waals surface area contributed by atoms with Gasteiger partial charge in [0.15, 0.2) is 6.10 Å². The molecular weight excluding hydrogens is 273 g/mol. The number of carbonyl (C=O) groups excluding carboxylic acids is 1. The van der Waals surface area contributed by atoms with Crippen molar-refractivity contribution in [2.24, 2.45) is 5.73 Å². The fraction of sp³-hybridized carbons (Fsp3) is 0.462. The third kappa shape index (κ3) is 4.41. The maximum Gasteiger partial charge on any atom is 0.419 e. The van der Waals surface area contributed by atoms with Crippen molar-refractivity contribution in [2.45, 2.75) is 32.2 Å². The van der Waals surface area contributed by atoms with Gasteiger partial charge in [0.05, 0.1) is 5.56 Å². The van der Waals surface area contributed by atoms with E-state index < -0.39 is 23.8 Å².